The topological polar surface area (TPSA) is 23.6 Å². The van der Waals surface area contributed by atoms with Crippen molar-refractivity contribution in [1.29, 1.82) is 0 Å². The third-order valence-corrected chi connectivity index (χ3v) is 7.74. The van der Waals surface area contributed by atoms with Crippen LogP contribution in [0, 0.1) is 0 Å². The number of rotatable bonds is 7. The highest BCUT2D eigenvalue weighted by Crippen LogP contribution is 2.49. The maximum absolute atomic E-state index is 13.7. The molecule has 0 amide bonds. The van der Waals surface area contributed by atoms with Crippen molar-refractivity contribution in [3.05, 3.63) is 77.4 Å². The van der Waals surface area contributed by atoms with Crippen LogP contribution in [-0.4, -0.2) is 36.9 Å². The van der Waals surface area contributed by atoms with Crippen molar-refractivity contribution in [3.63, 3.8) is 0 Å². The van der Waals surface area contributed by atoms with Crippen LogP contribution in [-0.2, 0) is 12.0 Å². The molecule has 1 aliphatic heterocycles. The van der Waals surface area contributed by atoms with Gasteiger partial charge in [-0.05, 0) is 41.8 Å². The van der Waals surface area contributed by atoms with E-state index in [1.54, 1.807) is 0 Å². The fraction of sp³-hybridized carbons (Fsp3) is 0.433. The molecule has 1 saturated heterocycles. The molecule has 0 bridgehead atoms. The Morgan fingerprint density at radius 1 is 0.818 bits per heavy atom. The molecule has 0 spiro atoms. The third-order valence-electron chi connectivity index (χ3n) is 7.74. The first-order chi connectivity index (χ1) is 16.2. The molecular weight excluding hydrogens is 404 g/mol. The zero-order valence-electron chi connectivity index (χ0n) is 20.1. The van der Waals surface area contributed by atoms with E-state index < -0.39 is 0 Å². The molecule has 0 N–H and O–H groups in total. The molecule has 1 heterocycles. The summed E-state index contributed by atoms with van der Waals surface area (Å²) in [6.07, 6.45) is 5.12. The Bertz CT molecular complexity index is 1130. The summed E-state index contributed by atoms with van der Waals surface area (Å²) in [7, 11) is 0. The molecule has 172 valence electrons. The van der Waals surface area contributed by atoms with Crippen molar-refractivity contribution in [2.75, 3.05) is 31.1 Å². The number of carbonyl (C=O) groups excluding carboxylic acids is 1. The normalized spacial score (nSPS) is 18.1. The van der Waals surface area contributed by atoms with E-state index >= 15 is 0 Å². The van der Waals surface area contributed by atoms with E-state index in [4.69, 9.17) is 0 Å². The lowest BCUT2D eigenvalue weighted by Crippen LogP contribution is -2.32. The van der Waals surface area contributed by atoms with E-state index in [-0.39, 0.29) is 5.41 Å². The molecule has 33 heavy (non-hydrogen) atoms. The molecule has 1 fully saturated rings. The minimum absolute atomic E-state index is 0.324. The number of anilines is 1. The van der Waals surface area contributed by atoms with E-state index in [2.05, 4.69) is 84.3 Å². The molecular formula is C30H36N2O. The Morgan fingerprint density at radius 3 is 2.36 bits per heavy atom. The van der Waals surface area contributed by atoms with E-state index in [1.165, 1.54) is 27.6 Å². The molecule has 3 nitrogen and oxygen atoms in total. The van der Waals surface area contributed by atoms with Gasteiger partial charge >= 0.3 is 0 Å². The van der Waals surface area contributed by atoms with E-state index in [0.717, 1.165) is 70.4 Å². The summed E-state index contributed by atoms with van der Waals surface area (Å²) in [4.78, 5) is 18.8. The van der Waals surface area contributed by atoms with Crippen molar-refractivity contribution in [2.24, 2.45) is 0 Å². The Morgan fingerprint density at radius 2 is 1.61 bits per heavy atom. The van der Waals surface area contributed by atoms with Crippen LogP contribution in [0.3, 0.4) is 0 Å². The maximum Gasteiger partial charge on any atom is 0.174 e. The van der Waals surface area contributed by atoms with Crippen LogP contribution in [0.2, 0.25) is 0 Å². The minimum atomic E-state index is -0.324. The van der Waals surface area contributed by atoms with Gasteiger partial charge in [0, 0.05) is 49.4 Å². The molecule has 3 aromatic rings. The number of Topliss-reactive ketones (excluding diaryl/α,β-unsaturated/α-hetero) is 1. The lowest BCUT2D eigenvalue weighted by Gasteiger charge is -2.30. The van der Waals surface area contributed by atoms with E-state index in [1.807, 2.05) is 0 Å². The molecule has 1 aliphatic carbocycles. The molecule has 0 saturated carbocycles. The van der Waals surface area contributed by atoms with Crippen LogP contribution in [0.1, 0.15) is 67.4 Å². The second-order valence-electron chi connectivity index (χ2n) is 9.87. The summed E-state index contributed by atoms with van der Waals surface area (Å²) in [6, 6.07) is 21.8. The largest absolute Gasteiger partial charge is 0.370 e. The monoisotopic (exact) mass is 440 g/mol. The average Bonchev–Trinajstić information content (AvgIpc) is 2.97. The Hall–Kier alpha value is -2.65. The van der Waals surface area contributed by atoms with Crippen molar-refractivity contribution >= 4 is 22.2 Å². The van der Waals surface area contributed by atoms with Crippen molar-refractivity contribution in [1.82, 2.24) is 4.90 Å². The zero-order chi connectivity index (χ0) is 22.8. The van der Waals surface area contributed by atoms with Gasteiger partial charge in [0.15, 0.2) is 5.78 Å². The van der Waals surface area contributed by atoms with E-state index in [0.29, 0.717) is 5.78 Å². The van der Waals surface area contributed by atoms with Gasteiger partial charge in [-0.15, -0.1) is 0 Å². The Labute approximate surface area is 198 Å². The second-order valence-corrected chi connectivity index (χ2v) is 9.87. The van der Waals surface area contributed by atoms with Crippen LogP contribution < -0.4 is 4.90 Å². The van der Waals surface area contributed by atoms with Gasteiger partial charge in [-0.25, -0.2) is 0 Å². The fourth-order valence-corrected chi connectivity index (χ4v) is 6.32. The minimum Gasteiger partial charge on any atom is -0.370 e. The predicted molar refractivity (Wildman–Crippen MR) is 138 cm³/mol. The maximum atomic E-state index is 13.7. The summed E-state index contributed by atoms with van der Waals surface area (Å²) in [5, 5.41) is 2.50. The summed E-state index contributed by atoms with van der Waals surface area (Å²) in [5.41, 5.74) is 4.60. The SMILES string of the molecule is CCCC1(CCC)C(=O)c2cccc3c(N4CCCN(Cc5ccccc5)CC4)ccc1c23. The lowest BCUT2D eigenvalue weighted by molar-refractivity contribution is 0.0874. The molecule has 0 unspecified atom stereocenters. The highest BCUT2D eigenvalue weighted by molar-refractivity contribution is 6.22. The van der Waals surface area contributed by atoms with Gasteiger partial charge in [0.2, 0.25) is 0 Å². The number of nitrogens with zero attached hydrogens (tertiary/aromatic N) is 2. The number of carbonyl (C=O) groups is 1. The van der Waals surface area contributed by atoms with Crippen LogP contribution in [0.15, 0.2) is 60.7 Å². The quantitative estimate of drug-likeness (QED) is 0.414. The highest BCUT2D eigenvalue weighted by atomic mass is 16.1. The number of hydrogen-bond donors (Lipinski definition) is 0. The zero-order valence-corrected chi connectivity index (χ0v) is 20.1. The summed E-state index contributed by atoms with van der Waals surface area (Å²) < 4.78 is 0. The molecule has 5 rings (SSSR count). The van der Waals surface area contributed by atoms with Crippen LogP contribution in [0.25, 0.3) is 10.8 Å². The van der Waals surface area contributed by atoms with Gasteiger partial charge in [-0.2, -0.15) is 0 Å². The van der Waals surface area contributed by atoms with Crippen molar-refractivity contribution < 1.29 is 4.79 Å². The number of ketones is 1. The van der Waals surface area contributed by atoms with Gasteiger partial charge in [-0.1, -0.05) is 81.3 Å². The van der Waals surface area contributed by atoms with Gasteiger partial charge in [0.25, 0.3) is 0 Å². The first-order valence-electron chi connectivity index (χ1n) is 12.8. The Balaban J connectivity index is 1.46. The predicted octanol–water partition coefficient (Wildman–Crippen LogP) is 6.59. The molecule has 0 aromatic heterocycles. The standard InChI is InChI=1S/C30H36N2O/c1-3-16-30(17-4-2)26-14-15-27(24-12-8-13-25(28(24)26)29(30)33)32-19-9-18-31(20-21-32)22-23-10-6-5-7-11-23/h5-8,10-15H,3-4,9,16-22H2,1-2H3. The van der Waals surface area contributed by atoms with E-state index in [9.17, 15) is 4.79 Å². The average molecular weight is 441 g/mol. The first-order valence-corrected chi connectivity index (χ1v) is 12.8. The molecule has 3 heteroatoms. The highest BCUT2D eigenvalue weighted by Gasteiger charge is 2.46. The van der Waals surface area contributed by atoms with Crippen LogP contribution in [0.4, 0.5) is 5.69 Å². The smallest absolute Gasteiger partial charge is 0.174 e. The summed E-state index contributed by atoms with van der Waals surface area (Å²) in [5.74, 6) is 0.355. The fourth-order valence-electron chi connectivity index (χ4n) is 6.32. The first kappa shape index (κ1) is 22.2. The number of benzene rings is 3. The van der Waals surface area contributed by atoms with Gasteiger partial charge in [0.1, 0.15) is 0 Å². The molecule has 0 atom stereocenters. The van der Waals surface area contributed by atoms with Crippen molar-refractivity contribution in [2.45, 2.75) is 57.9 Å². The summed E-state index contributed by atoms with van der Waals surface area (Å²) in [6.45, 7) is 9.70. The van der Waals surface area contributed by atoms with Gasteiger partial charge in [-0.3, -0.25) is 9.69 Å². The third kappa shape index (κ3) is 3.87. The van der Waals surface area contributed by atoms with Crippen molar-refractivity contribution in [3.8, 4) is 0 Å². The number of hydrogen-bond acceptors (Lipinski definition) is 3. The van der Waals surface area contributed by atoms with Crippen LogP contribution >= 0.6 is 0 Å². The lowest BCUT2D eigenvalue weighted by atomic mass is 9.73. The summed E-state index contributed by atoms with van der Waals surface area (Å²) >= 11 is 0. The Kier molecular flexibility index (Phi) is 6.25. The van der Waals surface area contributed by atoms with Gasteiger partial charge < -0.3 is 4.90 Å². The van der Waals surface area contributed by atoms with Gasteiger partial charge in [0.05, 0.1) is 5.41 Å². The molecule has 3 aromatic carbocycles. The molecule has 2 aliphatic rings. The van der Waals surface area contributed by atoms with Crippen LogP contribution in [0.5, 0.6) is 0 Å². The molecule has 0 radical (unpaired) electrons. The second kappa shape index (κ2) is 9.30.